The van der Waals surface area contributed by atoms with Crippen LogP contribution in [0.15, 0.2) is 41.3 Å². The van der Waals surface area contributed by atoms with Crippen molar-refractivity contribution in [1.82, 2.24) is 4.31 Å². The quantitative estimate of drug-likeness (QED) is 0.673. The van der Waals surface area contributed by atoms with Crippen LogP contribution in [0.1, 0.15) is 35.2 Å². The zero-order valence-corrected chi connectivity index (χ0v) is 18.1. The lowest BCUT2D eigenvalue weighted by molar-refractivity contribution is -0.137. The van der Waals surface area contributed by atoms with E-state index in [1.54, 1.807) is 0 Å². The van der Waals surface area contributed by atoms with Crippen LogP contribution in [0.5, 0.6) is 5.75 Å². The van der Waals surface area contributed by atoms with Crippen LogP contribution in [-0.2, 0) is 16.2 Å². The van der Waals surface area contributed by atoms with E-state index in [-0.39, 0.29) is 26.9 Å². The van der Waals surface area contributed by atoms with Crippen LogP contribution < -0.4 is 10.1 Å². The molecular weight excluding hydrogens is 457 g/mol. The Labute approximate surface area is 183 Å². The number of benzene rings is 2. The minimum absolute atomic E-state index is 0.0678. The summed E-state index contributed by atoms with van der Waals surface area (Å²) in [6, 6.07) is 6.34. The Morgan fingerprint density at radius 3 is 2.39 bits per heavy atom. The third kappa shape index (κ3) is 5.13. The van der Waals surface area contributed by atoms with E-state index >= 15 is 0 Å². The first-order chi connectivity index (χ1) is 14.5. The largest absolute Gasteiger partial charge is 0.496 e. The number of piperidine rings is 1. The van der Waals surface area contributed by atoms with Crippen molar-refractivity contribution in [3.05, 3.63) is 52.5 Å². The Balaban J connectivity index is 1.95. The highest BCUT2D eigenvalue weighted by atomic mass is 35.5. The van der Waals surface area contributed by atoms with Crippen molar-refractivity contribution in [1.29, 1.82) is 0 Å². The zero-order valence-electron chi connectivity index (χ0n) is 16.5. The Morgan fingerprint density at radius 1 is 1.10 bits per heavy atom. The number of hydrogen-bond donors (Lipinski definition) is 1. The van der Waals surface area contributed by atoms with Gasteiger partial charge in [0.05, 0.1) is 33.8 Å². The van der Waals surface area contributed by atoms with Crippen molar-refractivity contribution < 1.29 is 31.1 Å². The highest BCUT2D eigenvalue weighted by molar-refractivity contribution is 7.89. The summed E-state index contributed by atoms with van der Waals surface area (Å²) >= 11 is 5.94. The van der Waals surface area contributed by atoms with Crippen molar-refractivity contribution in [3.63, 3.8) is 0 Å². The lowest BCUT2D eigenvalue weighted by atomic mass is 10.1. The molecule has 2 aromatic rings. The number of carbonyl (C=O) groups is 1. The van der Waals surface area contributed by atoms with Gasteiger partial charge in [0.1, 0.15) is 5.75 Å². The van der Waals surface area contributed by atoms with Gasteiger partial charge in [-0.25, -0.2) is 8.42 Å². The third-order valence-corrected chi connectivity index (χ3v) is 7.13. The van der Waals surface area contributed by atoms with Gasteiger partial charge in [0.25, 0.3) is 5.91 Å². The van der Waals surface area contributed by atoms with Gasteiger partial charge < -0.3 is 10.1 Å². The van der Waals surface area contributed by atoms with Crippen molar-refractivity contribution in [2.24, 2.45) is 0 Å². The summed E-state index contributed by atoms with van der Waals surface area (Å²) < 4.78 is 71.3. The first kappa shape index (κ1) is 23.4. The third-order valence-electron chi connectivity index (χ3n) is 4.91. The molecule has 2 aromatic carbocycles. The van der Waals surface area contributed by atoms with Crippen molar-refractivity contribution in [2.75, 3.05) is 25.5 Å². The first-order valence-corrected chi connectivity index (χ1v) is 11.2. The average molecular weight is 477 g/mol. The molecule has 0 aliphatic carbocycles. The number of nitrogens with one attached hydrogen (secondary N) is 1. The normalized spacial score (nSPS) is 15.5. The predicted molar refractivity (Wildman–Crippen MR) is 110 cm³/mol. The number of alkyl halides is 3. The maximum atomic E-state index is 13.0. The summed E-state index contributed by atoms with van der Waals surface area (Å²) in [6.07, 6.45) is -2.18. The van der Waals surface area contributed by atoms with Crippen LogP contribution in [0.3, 0.4) is 0 Å². The Kier molecular flexibility index (Phi) is 6.82. The Hall–Kier alpha value is -2.30. The van der Waals surface area contributed by atoms with E-state index in [0.29, 0.717) is 19.2 Å². The minimum atomic E-state index is -4.62. The summed E-state index contributed by atoms with van der Waals surface area (Å²) in [5, 5.41) is 2.21. The molecule has 0 atom stereocenters. The summed E-state index contributed by atoms with van der Waals surface area (Å²) in [5.74, 6) is -0.785. The topological polar surface area (TPSA) is 75.7 Å². The van der Waals surface area contributed by atoms with Crippen LogP contribution in [0.2, 0.25) is 5.02 Å². The second-order valence-electron chi connectivity index (χ2n) is 6.97. The maximum absolute atomic E-state index is 13.0. The van der Waals surface area contributed by atoms with Crippen molar-refractivity contribution in [2.45, 2.75) is 30.3 Å². The van der Waals surface area contributed by atoms with Crippen LogP contribution in [0.4, 0.5) is 18.9 Å². The van der Waals surface area contributed by atoms with E-state index < -0.39 is 27.7 Å². The molecular formula is C20H20ClF3N2O4S. The second-order valence-corrected chi connectivity index (χ2v) is 9.32. The van der Waals surface area contributed by atoms with Crippen LogP contribution in [-0.4, -0.2) is 38.8 Å². The molecule has 0 aromatic heterocycles. The standard InChI is InChI=1S/C20H20ClF3N2O4S/c1-30-18-8-6-14(31(28,29)26-9-3-2-4-10-26)12-15(18)19(27)25-17-11-13(20(22,23)24)5-7-16(17)21/h5-8,11-12H,2-4,9-10H2,1H3,(H,25,27). The molecule has 168 valence electrons. The number of halogens is 4. The summed E-state index contributed by atoms with van der Waals surface area (Å²) in [6.45, 7) is 0.769. The summed E-state index contributed by atoms with van der Waals surface area (Å²) in [7, 11) is -2.53. The van der Waals surface area contributed by atoms with Gasteiger partial charge in [0.15, 0.2) is 0 Å². The SMILES string of the molecule is COc1ccc(S(=O)(=O)N2CCCCC2)cc1C(=O)Nc1cc(C(F)(F)F)ccc1Cl. The molecule has 0 bridgehead atoms. The highest BCUT2D eigenvalue weighted by Crippen LogP contribution is 2.34. The molecule has 1 amide bonds. The fourth-order valence-corrected chi connectivity index (χ4v) is 4.97. The van der Waals surface area contributed by atoms with Crippen LogP contribution >= 0.6 is 11.6 Å². The number of amides is 1. The smallest absolute Gasteiger partial charge is 0.416 e. The van der Waals surface area contributed by atoms with Gasteiger partial charge in [-0.05, 0) is 49.2 Å². The Bertz CT molecular complexity index is 1080. The molecule has 0 unspecified atom stereocenters. The molecule has 0 saturated carbocycles. The number of hydrogen-bond acceptors (Lipinski definition) is 4. The van der Waals surface area contributed by atoms with Gasteiger partial charge in [-0.3, -0.25) is 4.79 Å². The zero-order chi connectivity index (χ0) is 22.8. The van der Waals surface area contributed by atoms with Crippen molar-refractivity contribution >= 4 is 33.2 Å². The van der Waals surface area contributed by atoms with Gasteiger partial charge in [-0.2, -0.15) is 17.5 Å². The molecule has 0 spiro atoms. The van der Waals surface area contributed by atoms with Crippen LogP contribution in [0.25, 0.3) is 0 Å². The fraction of sp³-hybridized carbons (Fsp3) is 0.350. The molecule has 1 heterocycles. The molecule has 3 rings (SSSR count). The van der Waals surface area contributed by atoms with Crippen molar-refractivity contribution in [3.8, 4) is 5.75 Å². The molecule has 6 nitrogen and oxygen atoms in total. The summed E-state index contributed by atoms with van der Waals surface area (Å²) in [5.41, 5.74) is -1.39. The average Bonchev–Trinajstić information content (AvgIpc) is 2.74. The van der Waals surface area contributed by atoms with Gasteiger partial charge >= 0.3 is 6.18 Å². The molecule has 1 fully saturated rings. The van der Waals surface area contributed by atoms with Gasteiger partial charge in [0, 0.05) is 13.1 Å². The molecule has 1 aliphatic heterocycles. The van der Waals surface area contributed by atoms with E-state index in [2.05, 4.69) is 5.32 Å². The van der Waals surface area contributed by atoms with E-state index in [1.165, 1.54) is 23.5 Å². The molecule has 31 heavy (non-hydrogen) atoms. The molecule has 1 saturated heterocycles. The molecule has 11 heteroatoms. The predicted octanol–water partition coefficient (Wildman–Crippen LogP) is 4.79. The second kappa shape index (κ2) is 9.05. The number of nitrogens with zero attached hydrogens (tertiary/aromatic N) is 1. The number of methoxy groups -OCH3 is 1. The van der Waals surface area contributed by atoms with Gasteiger partial charge in [-0.1, -0.05) is 18.0 Å². The molecule has 0 radical (unpaired) electrons. The number of ether oxygens (including phenoxy) is 1. The minimum Gasteiger partial charge on any atom is -0.496 e. The van der Waals surface area contributed by atoms with Crippen LogP contribution in [0, 0.1) is 0 Å². The van der Waals surface area contributed by atoms with Gasteiger partial charge in [0.2, 0.25) is 10.0 Å². The van der Waals surface area contributed by atoms with E-state index in [4.69, 9.17) is 16.3 Å². The van der Waals surface area contributed by atoms with E-state index in [0.717, 1.165) is 37.5 Å². The van der Waals surface area contributed by atoms with E-state index in [9.17, 15) is 26.4 Å². The Morgan fingerprint density at radius 2 is 1.77 bits per heavy atom. The lowest BCUT2D eigenvalue weighted by Gasteiger charge is -2.26. The number of sulfonamides is 1. The molecule has 1 N–H and O–H groups in total. The lowest BCUT2D eigenvalue weighted by Crippen LogP contribution is -2.35. The first-order valence-electron chi connectivity index (χ1n) is 9.40. The number of anilines is 1. The number of rotatable bonds is 5. The fourth-order valence-electron chi connectivity index (χ4n) is 3.27. The highest BCUT2D eigenvalue weighted by Gasteiger charge is 2.31. The maximum Gasteiger partial charge on any atom is 0.416 e. The molecule has 1 aliphatic rings. The monoisotopic (exact) mass is 476 g/mol. The van der Waals surface area contributed by atoms with E-state index in [1.807, 2.05) is 0 Å². The number of carbonyl (C=O) groups excluding carboxylic acids is 1. The van der Waals surface area contributed by atoms with Gasteiger partial charge in [-0.15, -0.1) is 0 Å². The summed E-state index contributed by atoms with van der Waals surface area (Å²) in [4.78, 5) is 12.7.